The van der Waals surface area contributed by atoms with E-state index in [0.717, 1.165) is 0 Å². The van der Waals surface area contributed by atoms with Gasteiger partial charge in [-0.05, 0) is 0 Å². The standard InChI is InChI=1S/C5H5FN6/c6-4-10-2(7)1-3(11-4)12-5(8)9-1/h(H5,7,8,9,10,11,12). The Morgan fingerprint density at radius 3 is 2.67 bits per heavy atom. The smallest absolute Gasteiger partial charge is 0.312 e. The van der Waals surface area contributed by atoms with E-state index in [9.17, 15) is 4.39 Å². The number of rotatable bonds is 0. The van der Waals surface area contributed by atoms with E-state index in [2.05, 4.69) is 19.9 Å². The molecule has 2 rings (SSSR count). The van der Waals surface area contributed by atoms with E-state index < -0.39 is 6.08 Å². The van der Waals surface area contributed by atoms with Gasteiger partial charge in [0.05, 0.1) is 0 Å². The van der Waals surface area contributed by atoms with Crippen LogP contribution in [-0.4, -0.2) is 19.9 Å². The van der Waals surface area contributed by atoms with Gasteiger partial charge in [-0.15, -0.1) is 0 Å². The predicted molar refractivity (Wildman–Crippen MR) is 40.5 cm³/mol. The summed E-state index contributed by atoms with van der Waals surface area (Å²) in [7, 11) is 0. The third-order valence-electron chi connectivity index (χ3n) is 1.37. The Bertz CT molecular complexity index is 435. The van der Waals surface area contributed by atoms with E-state index in [4.69, 9.17) is 11.5 Å². The molecule has 0 aliphatic heterocycles. The highest BCUT2D eigenvalue weighted by Gasteiger charge is 2.07. The van der Waals surface area contributed by atoms with Gasteiger partial charge in [0.2, 0.25) is 0 Å². The Balaban J connectivity index is 2.88. The molecule has 6 nitrogen and oxygen atoms in total. The molecule has 0 saturated heterocycles. The minimum atomic E-state index is -0.911. The monoisotopic (exact) mass is 168 g/mol. The van der Waals surface area contributed by atoms with Gasteiger partial charge in [0, 0.05) is 0 Å². The molecule has 0 unspecified atom stereocenters. The van der Waals surface area contributed by atoms with Crippen molar-refractivity contribution >= 4 is 22.9 Å². The summed E-state index contributed by atoms with van der Waals surface area (Å²) in [5.74, 6) is 0.137. The lowest BCUT2D eigenvalue weighted by Crippen LogP contribution is -1.97. The van der Waals surface area contributed by atoms with Crippen LogP contribution < -0.4 is 11.5 Å². The minimum Gasteiger partial charge on any atom is -0.382 e. The first kappa shape index (κ1) is 6.77. The van der Waals surface area contributed by atoms with Crippen molar-refractivity contribution in [2.45, 2.75) is 0 Å². The normalized spacial score (nSPS) is 10.8. The lowest BCUT2D eigenvalue weighted by Gasteiger charge is -1.91. The van der Waals surface area contributed by atoms with Gasteiger partial charge in [-0.3, -0.25) is 0 Å². The summed E-state index contributed by atoms with van der Waals surface area (Å²) in [6.45, 7) is 0. The minimum absolute atomic E-state index is 0.00157. The molecule has 0 fully saturated rings. The van der Waals surface area contributed by atoms with Gasteiger partial charge in [0.1, 0.15) is 5.52 Å². The topological polar surface area (TPSA) is 106 Å². The number of nitrogens with two attached hydrogens (primary N) is 2. The van der Waals surface area contributed by atoms with Crippen molar-refractivity contribution in [3.63, 3.8) is 0 Å². The number of hydrogen-bond acceptors (Lipinski definition) is 5. The van der Waals surface area contributed by atoms with Crippen molar-refractivity contribution in [3.8, 4) is 0 Å². The van der Waals surface area contributed by atoms with Crippen LogP contribution in [0.1, 0.15) is 0 Å². The van der Waals surface area contributed by atoms with E-state index in [1.54, 1.807) is 0 Å². The second kappa shape index (κ2) is 2.03. The van der Waals surface area contributed by atoms with Crippen molar-refractivity contribution in [2.75, 3.05) is 11.5 Å². The molecule has 0 saturated carbocycles. The number of H-pyrrole nitrogens is 1. The molecule has 0 aliphatic carbocycles. The van der Waals surface area contributed by atoms with E-state index >= 15 is 0 Å². The lowest BCUT2D eigenvalue weighted by molar-refractivity contribution is 0.546. The molecule has 2 heterocycles. The maximum Gasteiger partial charge on any atom is 0.312 e. The molecular formula is C5H5FN6. The highest BCUT2D eigenvalue weighted by Crippen LogP contribution is 2.14. The van der Waals surface area contributed by atoms with Crippen LogP contribution in [0.5, 0.6) is 0 Å². The molecule has 2 aromatic heterocycles. The van der Waals surface area contributed by atoms with Crippen LogP contribution in [0.25, 0.3) is 11.2 Å². The third kappa shape index (κ3) is 0.831. The van der Waals surface area contributed by atoms with Crippen LogP contribution >= 0.6 is 0 Å². The summed E-state index contributed by atoms with van der Waals surface area (Å²) in [6, 6.07) is 0. The maximum atomic E-state index is 12.5. The number of anilines is 2. The van der Waals surface area contributed by atoms with Crippen molar-refractivity contribution in [2.24, 2.45) is 0 Å². The fraction of sp³-hybridized carbons (Fsp3) is 0. The van der Waals surface area contributed by atoms with Crippen molar-refractivity contribution in [3.05, 3.63) is 6.08 Å². The molecule has 0 bridgehead atoms. The van der Waals surface area contributed by atoms with Gasteiger partial charge in [0.25, 0.3) is 0 Å². The zero-order valence-electron chi connectivity index (χ0n) is 5.87. The second-order valence-corrected chi connectivity index (χ2v) is 2.20. The van der Waals surface area contributed by atoms with Crippen LogP contribution in [0, 0.1) is 6.08 Å². The molecule has 0 aromatic carbocycles. The second-order valence-electron chi connectivity index (χ2n) is 2.20. The zero-order valence-corrected chi connectivity index (χ0v) is 5.87. The van der Waals surface area contributed by atoms with Crippen LogP contribution in [0.2, 0.25) is 0 Å². The summed E-state index contributed by atoms with van der Waals surface area (Å²) >= 11 is 0. The number of nitrogen functional groups attached to an aromatic ring is 2. The Hall–Kier alpha value is -1.92. The molecule has 2 aromatic rings. The van der Waals surface area contributed by atoms with E-state index in [-0.39, 0.29) is 17.4 Å². The molecule has 0 radical (unpaired) electrons. The summed E-state index contributed by atoms with van der Waals surface area (Å²) in [5, 5.41) is 0. The lowest BCUT2D eigenvalue weighted by atomic mass is 10.5. The number of aromatic nitrogens is 4. The summed E-state index contributed by atoms with van der Waals surface area (Å²) in [5.41, 5.74) is 11.1. The predicted octanol–water partition coefficient (Wildman–Crippen LogP) is -0.344. The average Bonchev–Trinajstić information content (AvgIpc) is 2.29. The molecule has 0 spiro atoms. The fourth-order valence-electron chi connectivity index (χ4n) is 0.909. The first-order valence-corrected chi connectivity index (χ1v) is 3.11. The molecule has 7 heteroatoms. The molecule has 0 amide bonds. The van der Waals surface area contributed by atoms with Gasteiger partial charge >= 0.3 is 6.08 Å². The van der Waals surface area contributed by atoms with Crippen LogP contribution in [0.4, 0.5) is 16.2 Å². The molecule has 5 N–H and O–H groups in total. The summed E-state index contributed by atoms with van der Waals surface area (Å²) in [4.78, 5) is 13.0. The molecule has 12 heavy (non-hydrogen) atoms. The SMILES string of the molecule is Nc1nc2nc(F)nc(N)c2[nH]1. The summed E-state index contributed by atoms with van der Waals surface area (Å²) < 4.78 is 12.5. The van der Waals surface area contributed by atoms with Gasteiger partial charge in [-0.2, -0.15) is 19.3 Å². The highest BCUT2D eigenvalue weighted by atomic mass is 19.1. The Morgan fingerprint density at radius 2 is 1.92 bits per heavy atom. The van der Waals surface area contributed by atoms with E-state index in [1.165, 1.54) is 0 Å². The Labute approximate surface area is 65.8 Å². The largest absolute Gasteiger partial charge is 0.382 e. The molecule has 62 valence electrons. The zero-order chi connectivity index (χ0) is 8.72. The van der Waals surface area contributed by atoms with Gasteiger partial charge in [-0.1, -0.05) is 0 Å². The van der Waals surface area contributed by atoms with E-state index in [0.29, 0.717) is 5.52 Å². The Morgan fingerprint density at radius 1 is 1.17 bits per heavy atom. The number of aromatic amines is 1. The number of nitrogens with one attached hydrogen (secondary N) is 1. The number of hydrogen-bond donors (Lipinski definition) is 3. The number of fused-ring (bicyclic) bond motifs is 1. The first-order valence-electron chi connectivity index (χ1n) is 3.11. The number of nitrogens with zero attached hydrogens (tertiary/aromatic N) is 3. The molecule has 0 aliphatic rings. The quantitative estimate of drug-likeness (QED) is 0.466. The molecule has 0 atom stereocenters. The van der Waals surface area contributed by atoms with E-state index in [1.807, 2.05) is 0 Å². The number of imidazole rings is 1. The van der Waals surface area contributed by atoms with Crippen molar-refractivity contribution < 1.29 is 4.39 Å². The highest BCUT2D eigenvalue weighted by molar-refractivity contribution is 5.82. The Kier molecular flexibility index (Phi) is 1.15. The van der Waals surface area contributed by atoms with Crippen LogP contribution in [-0.2, 0) is 0 Å². The van der Waals surface area contributed by atoms with Crippen molar-refractivity contribution in [1.29, 1.82) is 0 Å². The van der Waals surface area contributed by atoms with Crippen LogP contribution in [0.15, 0.2) is 0 Å². The third-order valence-corrected chi connectivity index (χ3v) is 1.37. The average molecular weight is 168 g/mol. The fourth-order valence-corrected chi connectivity index (χ4v) is 0.909. The maximum absolute atomic E-state index is 12.5. The van der Waals surface area contributed by atoms with Gasteiger partial charge < -0.3 is 16.5 Å². The summed E-state index contributed by atoms with van der Waals surface area (Å²) in [6.07, 6.45) is -0.911. The first-order chi connectivity index (χ1) is 5.66. The van der Waals surface area contributed by atoms with Gasteiger partial charge in [-0.25, -0.2) is 0 Å². The molecular weight excluding hydrogens is 163 g/mol. The van der Waals surface area contributed by atoms with Crippen LogP contribution in [0.3, 0.4) is 0 Å². The number of halogens is 1. The van der Waals surface area contributed by atoms with Crippen molar-refractivity contribution in [1.82, 2.24) is 19.9 Å². The van der Waals surface area contributed by atoms with Gasteiger partial charge in [0.15, 0.2) is 17.4 Å².